The van der Waals surface area contributed by atoms with Crippen LogP contribution in [0.2, 0.25) is 0 Å². The first-order chi connectivity index (χ1) is 14.8. The maximum absolute atomic E-state index is 11.0. The van der Waals surface area contributed by atoms with Gasteiger partial charge >= 0.3 is 12.2 Å². The van der Waals surface area contributed by atoms with Gasteiger partial charge in [0.15, 0.2) is 0 Å². The Morgan fingerprint density at radius 1 is 1.24 bits per heavy atom. The lowest BCUT2D eigenvalue weighted by Crippen LogP contribution is -2.22. The van der Waals surface area contributed by atoms with E-state index in [9.17, 15) is 18.0 Å². The minimum Gasteiger partial charge on any atom is -0.444 e. The third-order valence-corrected chi connectivity index (χ3v) is 5.54. The zero-order valence-electron chi connectivity index (χ0n) is 18.1. The number of likely N-dealkylation sites (N-methyl/N-ethyl adjacent to an activating group) is 2. The lowest BCUT2D eigenvalue weighted by atomic mass is 10.3. The summed E-state index contributed by atoms with van der Waals surface area (Å²) in [6.07, 6.45) is 0.804. The average Bonchev–Trinajstić information content (AvgIpc) is 3.34. The largest absolute Gasteiger partial charge is 0.444 e. The Morgan fingerprint density at radius 3 is 2.03 bits per heavy atom. The highest BCUT2D eigenvalue weighted by atomic mass is 35.7. The fourth-order valence-corrected chi connectivity index (χ4v) is 2.31. The predicted molar refractivity (Wildman–Crippen MR) is 128 cm³/mol. The van der Waals surface area contributed by atoms with Crippen molar-refractivity contribution in [3.63, 3.8) is 0 Å². The Labute approximate surface area is 204 Å². The van der Waals surface area contributed by atoms with Crippen LogP contribution < -0.4 is 0 Å². The second-order valence-electron chi connectivity index (χ2n) is 6.91. The molecule has 2 aliphatic rings. The van der Waals surface area contributed by atoms with Crippen molar-refractivity contribution < 1.29 is 27.5 Å². The first-order valence-electron chi connectivity index (χ1n) is 9.14. The molecule has 2 saturated heterocycles. The molecule has 0 spiro atoms. The number of hydrogen-bond acceptors (Lipinski definition) is 9. The summed E-state index contributed by atoms with van der Waals surface area (Å²) < 4.78 is 31.6. The number of carbonyl (C=O) groups is 2. The van der Waals surface area contributed by atoms with E-state index in [0.717, 1.165) is 5.69 Å². The van der Waals surface area contributed by atoms with Crippen LogP contribution in [0.15, 0.2) is 22.8 Å². The molecule has 2 fully saturated rings. The minimum absolute atomic E-state index is 0. The lowest BCUT2D eigenvalue weighted by molar-refractivity contribution is 0.124. The number of halogens is 1. The fraction of sp³-hybridized carbons (Fsp3) is 0.667. The number of aryl methyl sites for hydroxylation is 1. The number of aromatic nitrogens is 3. The van der Waals surface area contributed by atoms with Crippen molar-refractivity contribution in [1.82, 2.24) is 24.8 Å². The average molecular weight is 525 g/mol. The Hall–Kier alpha value is -3.03. The molecule has 2 aliphatic heterocycles. The van der Waals surface area contributed by atoms with Crippen LogP contribution in [0.5, 0.6) is 0 Å². The van der Waals surface area contributed by atoms with Crippen molar-refractivity contribution in [3.05, 3.63) is 33.8 Å². The summed E-state index contributed by atoms with van der Waals surface area (Å²) >= 11 is 0. The van der Waals surface area contributed by atoms with E-state index in [4.69, 9.17) is 25.7 Å². The molecule has 1 aromatic heterocycles. The van der Waals surface area contributed by atoms with Crippen LogP contribution in [0.1, 0.15) is 27.5 Å². The normalized spacial score (nSPS) is 18.5. The van der Waals surface area contributed by atoms with Crippen molar-refractivity contribution >= 4 is 31.9 Å². The van der Waals surface area contributed by atoms with Gasteiger partial charge in [-0.3, -0.25) is 0 Å². The van der Waals surface area contributed by atoms with Gasteiger partial charge < -0.3 is 19.3 Å². The van der Waals surface area contributed by atoms with Gasteiger partial charge in [0.1, 0.15) is 12.2 Å². The number of cyclic esters (lactones) is 2. The molecule has 34 heavy (non-hydrogen) atoms. The maximum atomic E-state index is 11.0. The highest BCUT2D eigenvalue weighted by molar-refractivity contribution is 8.16. The molecule has 0 aromatic carbocycles. The van der Waals surface area contributed by atoms with Crippen LogP contribution in [0.4, 0.5) is 9.59 Å². The molecule has 16 heteroatoms. The van der Waals surface area contributed by atoms with Crippen LogP contribution in [0.25, 0.3) is 10.4 Å². The zero-order valence-corrected chi connectivity index (χ0v) is 19.7. The van der Waals surface area contributed by atoms with E-state index < -0.39 is 9.05 Å². The first kappa shape index (κ1) is 33.1. The minimum atomic E-state index is -3.46. The van der Waals surface area contributed by atoms with Crippen LogP contribution in [-0.2, 0) is 25.1 Å². The van der Waals surface area contributed by atoms with Crippen molar-refractivity contribution in [3.8, 4) is 0 Å². The predicted octanol–water partition coefficient (Wildman–Crippen LogP) is 3.15. The second-order valence-corrected chi connectivity index (χ2v) is 9.70. The summed E-state index contributed by atoms with van der Waals surface area (Å²) in [7, 11) is 4.63. The number of nitrogens with zero attached hydrogens (tertiary/aromatic N) is 8. The summed E-state index contributed by atoms with van der Waals surface area (Å²) in [6.45, 7) is 8.20. The van der Waals surface area contributed by atoms with Crippen molar-refractivity contribution in [1.29, 1.82) is 0 Å². The molecule has 14 nitrogen and oxygen atoms in total. The number of carbonyl (C=O) groups excluding carboxylic acids is 2. The lowest BCUT2D eigenvalue weighted by Gasteiger charge is -2.06. The molecule has 3 heterocycles. The van der Waals surface area contributed by atoms with Crippen LogP contribution >= 0.6 is 10.7 Å². The number of rotatable bonds is 5. The molecule has 0 radical (unpaired) electrons. The molecule has 0 saturated carbocycles. The Bertz CT molecular complexity index is 977. The molecule has 0 unspecified atom stereocenters. The molecule has 0 bridgehead atoms. The monoisotopic (exact) mass is 524 g/mol. The van der Waals surface area contributed by atoms with E-state index in [1.807, 2.05) is 13.1 Å². The van der Waals surface area contributed by atoms with E-state index in [2.05, 4.69) is 26.9 Å². The van der Waals surface area contributed by atoms with Crippen LogP contribution in [0, 0.1) is 6.92 Å². The molecule has 0 N–H and O–H groups in total. The molecule has 2 amide bonds. The van der Waals surface area contributed by atoms with Gasteiger partial charge in [-0.15, -0.1) is 5.10 Å². The summed E-state index contributed by atoms with van der Waals surface area (Å²) in [4.78, 5) is 27.3. The van der Waals surface area contributed by atoms with Gasteiger partial charge in [0.05, 0.1) is 31.9 Å². The van der Waals surface area contributed by atoms with Gasteiger partial charge in [-0.2, -0.15) is 0 Å². The SMILES string of the molecule is C.C.C=C(C)S(=O)(=O)Cl.CN1C[C@H](CN=[N+]=[N-])OC1=O.Cc1cn(C[C@H]2CN(C)C(=O)O2)nn1. The summed E-state index contributed by atoms with van der Waals surface area (Å²) in [5, 5.41) is 11.0. The van der Waals surface area contributed by atoms with Crippen LogP contribution in [0.3, 0.4) is 0 Å². The molecule has 2 atom stereocenters. The summed E-state index contributed by atoms with van der Waals surface area (Å²) in [6, 6.07) is 0. The third kappa shape index (κ3) is 11.7. The number of ether oxygens (including phenoxy) is 2. The molecule has 3 rings (SSSR count). The van der Waals surface area contributed by atoms with Crippen molar-refractivity contribution in [2.24, 2.45) is 5.11 Å². The van der Waals surface area contributed by atoms with E-state index >= 15 is 0 Å². The first-order valence-corrected chi connectivity index (χ1v) is 11.5. The molecule has 1 aromatic rings. The molecular weight excluding hydrogens is 492 g/mol. The summed E-state index contributed by atoms with van der Waals surface area (Å²) in [5.74, 6) is 0. The Kier molecular flexibility index (Phi) is 14.6. The van der Waals surface area contributed by atoms with E-state index in [-0.39, 0.29) is 50.7 Å². The van der Waals surface area contributed by atoms with Gasteiger partial charge in [0.2, 0.25) is 0 Å². The maximum Gasteiger partial charge on any atom is 0.410 e. The van der Waals surface area contributed by atoms with Gasteiger partial charge in [0, 0.05) is 40.8 Å². The quantitative estimate of drug-likeness (QED) is 0.244. The number of allylic oxidation sites excluding steroid dienone is 1. The second kappa shape index (κ2) is 15.0. The Morgan fingerprint density at radius 2 is 1.71 bits per heavy atom. The van der Waals surface area contributed by atoms with E-state index in [1.165, 1.54) is 11.8 Å². The van der Waals surface area contributed by atoms with E-state index in [0.29, 0.717) is 19.6 Å². The highest BCUT2D eigenvalue weighted by Crippen LogP contribution is 2.10. The molecule has 0 aliphatic carbocycles. The van der Waals surface area contributed by atoms with Gasteiger partial charge in [-0.1, -0.05) is 31.8 Å². The Balaban J connectivity index is 0. The van der Waals surface area contributed by atoms with Crippen molar-refractivity contribution in [2.45, 2.75) is 47.5 Å². The fourth-order valence-electron chi connectivity index (χ4n) is 2.31. The van der Waals surface area contributed by atoms with Gasteiger partial charge in [-0.05, 0) is 19.4 Å². The topological polar surface area (TPSA) is 173 Å². The van der Waals surface area contributed by atoms with E-state index in [1.54, 1.807) is 23.7 Å². The van der Waals surface area contributed by atoms with Gasteiger partial charge in [-0.25, -0.2) is 22.7 Å². The molecular formula is C18H33ClN8O6S. The van der Waals surface area contributed by atoms with Crippen molar-refractivity contribution in [2.75, 3.05) is 33.7 Å². The number of hydrogen-bond donors (Lipinski definition) is 0. The zero-order chi connectivity index (χ0) is 24.5. The number of azide groups is 1. The smallest absolute Gasteiger partial charge is 0.410 e. The van der Waals surface area contributed by atoms with Crippen LogP contribution in [-0.4, -0.2) is 91.3 Å². The standard InChI is InChI=1S/C8H12N4O2.C5H8N4O2.C3H5ClO2S.2CH4/c1-6-3-12(10-9-6)5-7-4-11(2)8(13)14-7;1-9-3-4(2-7-8-6)11-5(9)10;1-3(2)7(4,5)6;;/h3,7H,4-5H2,1-2H3;4H,2-3H2,1H3;1H2,2H3;2*1H4/t7-;4-;;;/m10.../s1. The summed E-state index contributed by atoms with van der Waals surface area (Å²) in [5.41, 5.74) is 8.83. The third-order valence-electron chi connectivity index (χ3n) is 3.92. The van der Waals surface area contributed by atoms with Gasteiger partial charge in [0.25, 0.3) is 9.05 Å². The number of amides is 2. The highest BCUT2D eigenvalue weighted by Gasteiger charge is 2.28. The molecule has 194 valence electrons.